The van der Waals surface area contributed by atoms with E-state index in [1.165, 1.54) is 0 Å². The lowest BCUT2D eigenvalue weighted by molar-refractivity contribution is -0.0868. The largest absolute Gasteiger partial charge is 0.673 e. The van der Waals surface area contributed by atoms with Gasteiger partial charge in [-0.05, 0) is 31.9 Å². The quantitative estimate of drug-likeness (QED) is 0.196. The Kier molecular flexibility index (Phi) is 6.63. The van der Waals surface area contributed by atoms with E-state index in [4.69, 9.17) is 0 Å². The molecule has 2 aromatic rings. The van der Waals surface area contributed by atoms with Crippen molar-refractivity contribution in [3.63, 3.8) is 0 Å². The van der Waals surface area contributed by atoms with Crippen molar-refractivity contribution in [2.24, 2.45) is 0 Å². The first-order chi connectivity index (χ1) is 12.0. The number of alkyl halides is 3. The number of halogens is 7. The molecule has 1 atom stereocenters. The summed E-state index contributed by atoms with van der Waals surface area (Å²) in [5.74, 6) is 0.116. The highest BCUT2D eigenvalue weighted by Gasteiger charge is 2.49. The minimum absolute atomic E-state index is 0.116. The molecule has 1 fully saturated rings. The summed E-state index contributed by atoms with van der Waals surface area (Å²) in [5.41, 5.74) is -3.13. The van der Waals surface area contributed by atoms with E-state index in [0.29, 0.717) is 9.58 Å². The first kappa shape index (κ1) is 21.1. The van der Waals surface area contributed by atoms with Crippen LogP contribution in [0.15, 0.2) is 24.3 Å². The zero-order valence-electron chi connectivity index (χ0n) is 14.3. The molecule has 9 heteroatoms. The molecular formula is C17H20BF7S. The second kappa shape index (κ2) is 8.19. The molecule has 1 aliphatic carbocycles. The molecule has 0 aliphatic heterocycles. The van der Waals surface area contributed by atoms with Crippen molar-refractivity contribution in [2.45, 2.75) is 56.9 Å². The fourth-order valence-corrected chi connectivity index (χ4v) is 5.55. The van der Waals surface area contributed by atoms with E-state index in [2.05, 4.69) is 0 Å². The van der Waals surface area contributed by atoms with E-state index in [0.717, 1.165) is 49.5 Å². The summed E-state index contributed by atoms with van der Waals surface area (Å²) in [6.45, 7) is 1.93. The lowest BCUT2D eigenvalue weighted by Crippen LogP contribution is -2.02. The van der Waals surface area contributed by atoms with Gasteiger partial charge >= 0.3 is 12.8 Å². The monoisotopic (exact) mass is 400 g/mol. The van der Waals surface area contributed by atoms with Crippen LogP contribution in [0.4, 0.5) is 30.4 Å². The Labute approximate surface area is 150 Å². The second-order valence-corrected chi connectivity index (χ2v) is 8.51. The van der Waals surface area contributed by atoms with Crippen LogP contribution in [-0.4, -0.2) is 7.25 Å². The van der Waals surface area contributed by atoms with Crippen LogP contribution in [0, 0.1) is 6.92 Å². The topological polar surface area (TPSA) is 0 Å². The van der Waals surface area contributed by atoms with Gasteiger partial charge < -0.3 is 17.3 Å². The van der Waals surface area contributed by atoms with Gasteiger partial charge in [0, 0.05) is 17.4 Å². The molecule has 1 heterocycles. The number of aryl methyl sites for hydroxylation is 1. The van der Waals surface area contributed by atoms with Crippen LogP contribution < -0.4 is 0 Å². The summed E-state index contributed by atoms with van der Waals surface area (Å²) >= 11 is 0. The molecule has 0 N–H and O–H groups in total. The van der Waals surface area contributed by atoms with E-state index >= 15 is 0 Å². The third-order valence-corrected chi connectivity index (χ3v) is 6.60. The van der Waals surface area contributed by atoms with Gasteiger partial charge in [-0.2, -0.15) is 0 Å². The molecule has 0 radical (unpaired) electrons. The summed E-state index contributed by atoms with van der Waals surface area (Å²) in [6, 6.07) is 7.22. The van der Waals surface area contributed by atoms with Crippen molar-refractivity contribution in [3.05, 3.63) is 34.7 Å². The molecule has 0 spiro atoms. The van der Waals surface area contributed by atoms with Crippen LogP contribution >= 0.6 is 10.5 Å². The van der Waals surface area contributed by atoms with Crippen LogP contribution in [0.5, 0.6) is 0 Å². The van der Waals surface area contributed by atoms with Gasteiger partial charge in [0.05, 0.1) is 10.5 Å². The molecule has 3 rings (SSSR count). The molecule has 0 bridgehead atoms. The maximum absolute atomic E-state index is 13.6. The molecule has 146 valence electrons. The molecule has 1 aliphatic rings. The van der Waals surface area contributed by atoms with Crippen molar-refractivity contribution in [1.29, 1.82) is 0 Å². The van der Waals surface area contributed by atoms with Gasteiger partial charge in [0.25, 0.3) is 0 Å². The smallest absolute Gasteiger partial charge is 0.418 e. The van der Waals surface area contributed by atoms with Crippen LogP contribution in [0.3, 0.4) is 0 Å². The normalized spacial score (nSPS) is 17.6. The Morgan fingerprint density at radius 1 is 0.923 bits per heavy atom. The summed E-state index contributed by atoms with van der Waals surface area (Å²) in [7, 11) is -7.71. The van der Waals surface area contributed by atoms with Gasteiger partial charge in [-0.3, -0.25) is 0 Å². The van der Waals surface area contributed by atoms with Gasteiger partial charge in [-0.1, -0.05) is 37.3 Å². The zero-order valence-corrected chi connectivity index (χ0v) is 15.1. The Morgan fingerprint density at radius 2 is 1.46 bits per heavy atom. The number of thiophene rings is 1. The lowest BCUT2D eigenvalue weighted by Gasteiger charge is -2.10. The van der Waals surface area contributed by atoms with E-state index in [-0.39, 0.29) is 5.92 Å². The number of hydrogen-bond acceptors (Lipinski definition) is 0. The van der Waals surface area contributed by atoms with Crippen molar-refractivity contribution in [1.82, 2.24) is 0 Å². The highest BCUT2D eigenvalue weighted by Crippen LogP contribution is 2.54. The molecule has 0 nitrogen and oxygen atoms in total. The highest BCUT2D eigenvalue weighted by molar-refractivity contribution is 7.38. The van der Waals surface area contributed by atoms with Crippen LogP contribution in [0.1, 0.15) is 54.9 Å². The van der Waals surface area contributed by atoms with Crippen LogP contribution in [0.25, 0.3) is 10.1 Å². The van der Waals surface area contributed by atoms with Gasteiger partial charge in [-0.25, -0.2) is 0 Å². The van der Waals surface area contributed by atoms with Crippen LogP contribution in [0.2, 0.25) is 0 Å². The first-order valence-corrected chi connectivity index (χ1v) is 9.70. The van der Waals surface area contributed by atoms with Gasteiger partial charge in [0.15, 0.2) is 9.58 Å². The molecular weight excluding hydrogens is 380 g/mol. The Bertz CT molecular complexity index is 719. The lowest BCUT2D eigenvalue weighted by atomic mass is 9.98. The average Bonchev–Trinajstić information content (AvgIpc) is 2.65. The maximum Gasteiger partial charge on any atom is 0.673 e. The number of benzene rings is 1. The number of hydrogen-bond donors (Lipinski definition) is 0. The minimum Gasteiger partial charge on any atom is -0.418 e. The molecule has 0 saturated heterocycles. The SMILES string of the molecule is Cc1ccc2c(c1)cc(C1CCCCCC1)[s+]2C(F)(F)F.F[B-](F)(F)F. The van der Waals surface area contributed by atoms with E-state index in [9.17, 15) is 30.4 Å². The summed E-state index contributed by atoms with van der Waals surface area (Å²) in [6.07, 6.45) is 6.28. The van der Waals surface area contributed by atoms with E-state index in [1.807, 2.05) is 19.1 Å². The number of fused-ring (bicyclic) bond motifs is 1. The molecule has 1 aromatic heterocycles. The van der Waals surface area contributed by atoms with Gasteiger partial charge in [0.1, 0.15) is 0 Å². The summed E-state index contributed by atoms with van der Waals surface area (Å²) < 4.78 is 80.3. The molecule has 26 heavy (non-hydrogen) atoms. The van der Waals surface area contributed by atoms with Crippen molar-refractivity contribution in [2.75, 3.05) is 0 Å². The van der Waals surface area contributed by atoms with Gasteiger partial charge in [0.2, 0.25) is 0 Å². The standard InChI is InChI=1S/C17H20F3S.BF4/c1-12-8-9-15-14(10-12)11-16(21(15)17(18,19)20)13-6-4-2-3-5-7-13;2-1(3,4)5/h8-11,13H,2-7H2,1H3;/q+1;-1. The third-order valence-electron chi connectivity index (χ3n) is 4.41. The molecule has 1 unspecified atom stereocenters. The Balaban J connectivity index is 0.000000431. The van der Waals surface area contributed by atoms with Crippen molar-refractivity contribution < 1.29 is 30.4 Å². The number of rotatable bonds is 1. The second-order valence-electron chi connectivity index (χ2n) is 6.52. The molecule has 1 aromatic carbocycles. The fraction of sp³-hybridized carbons (Fsp3) is 0.529. The Morgan fingerprint density at radius 3 is 1.96 bits per heavy atom. The van der Waals surface area contributed by atoms with E-state index < -0.39 is 23.2 Å². The zero-order chi connectivity index (χ0) is 19.5. The minimum atomic E-state index is -6.00. The Hall–Kier alpha value is -1.25. The van der Waals surface area contributed by atoms with Crippen molar-refractivity contribution >= 4 is 27.8 Å². The van der Waals surface area contributed by atoms with Crippen molar-refractivity contribution in [3.8, 4) is 0 Å². The van der Waals surface area contributed by atoms with Gasteiger partial charge in [-0.15, -0.1) is 13.2 Å². The van der Waals surface area contributed by atoms with Crippen LogP contribution in [-0.2, 0) is 5.51 Å². The fourth-order valence-electron chi connectivity index (χ4n) is 3.41. The predicted octanol–water partition coefficient (Wildman–Crippen LogP) is 8.11. The highest BCUT2D eigenvalue weighted by atomic mass is 32.2. The average molecular weight is 400 g/mol. The molecule has 0 amide bonds. The summed E-state index contributed by atoms with van der Waals surface area (Å²) in [5, 5.41) is 0.787. The van der Waals surface area contributed by atoms with E-state index in [1.54, 1.807) is 12.1 Å². The maximum atomic E-state index is 13.6. The first-order valence-electron chi connectivity index (χ1n) is 8.47. The third kappa shape index (κ3) is 5.89. The summed E-state index contributed by atoms with van der Waals surface area (Å²) in [4.78, 5) is 0.644. The predicted molar refractivity (Wildman–Crippen MR) is 93.1 cm³/mol. The molecule has 1 saturated carbocycles.